The Bertz CT molecular complexity index is 528. The second-order valence-electron chi connectivity index (χ2n) is 5.20. The van der Waals surface area contributed by atoms with Gasteiger partial charge in [-0.15, -0.1) is 0 Å². The van der Waals surface area contributed by atoms with Crippen molar-refractivity contribution in [2.75, 3.05) is 20.1 Å². The molecule has 0 bridgehead atoms. The van der Waals surface area contributed by atoms with Gasteiger partial charge in [0, 0.05) is 20.7 Å². The van der Waals surface area contributed by atoms with Crippen LogP contribution in [0.15, 0.2) is 52.5 Å². The van der Waals surface area contributed by atoms with Crippen molar-refractivity contribution in [1.82, 2.24) is 4.90 Å². The van der Waals surface area contributed by atoms with Crippen LogP contribution in [-0.2, 0) is 0 Å². The fraction of sp³-hybridized carbons (Fsp3) is 0.333. The van der Waals surface area contributed by atoms with E-state index in [-0.39, 0.29) is 7.25 Å². The SMILES string of the molecule is C[C@H]1C=C(C2=CN=C3C=C(F)C=C[C]23)CN(C)C1.[HH]. The van der Waals surface area contributed by atoms with Crippen molar-refractivity contribution < 1.29 is 5.82 Å². The Morgan fingerprint density at radius 1 is 1.44 bits per heavy atom. The van der Waals surface area contributed by atoms with E-state index in [4.69, 9.17) is 0 Å². The highest BCUT2D eigenvalue weighted by molar-refractivity contribution is 6.14. The molecule has 0 aromatic heterocycles. The van der Waals surface area contributed by atoms with Crippen molar-refractivity contribution in [3.05, 3.63) is 53.4 Å². The molecule has 0 amide bonds. The average Bonchev–Trinajstić information content (AvgIpc) is 2.70. The van der Waals surface area contributed by atoms with Crippen molar-refractivity contribution in [3.8, 4) is 0 Å². The second-order valence-corrected chi connectivity index (χ2v) is 5.20. The molecule has 0 unspecified atom stereocenters. The van der Waals surface area contributed by atoms with Crippen LogP contribution in [0.25, 0.3) is 0 Å². The van der Waals surface area contributed by atoms with E-state index in [2.05, 4.69) is 29.9 Å². The normalized spacial score (nSPS) is 28.5. The molecule has 18 heavy (non-hydrogen) atoms. The van der Waals surface area contributed by atoms with Crippen LogP contribution in [0.4, 0.5) is 4.39 Å². The van der Waals surface area contributed by atoms with E-state index in [1.807, 2.05) is 12.3 Å². The third kappa shape index (κ3) is 1.99. The van der Waals surface area contributed by atoms with Gasteiger partial charge < -0.3 is 4.90 Å². The maximum absolute atomic E-state index is 13.1. The number of likely N-dealkylation sites (N-methyl/N-ethyl adjacent to an activating group) is 1. The van der Waals surface area contributed by atoms with Gasteiger partial charge in [-0.05, 0) is 36.3 Å². The number of halogens is 1. The van der Waals surface area contributed by atoms with E-state index >= 15 is 0 Å². The Kier molecular flexibility index (Phi) is 2.78. The van der Waals surface area contributed by atoms with Crippen LogP contribution >= 0.6 is 0 Å². The summed E-state index contributed by atoms with van der Waals surface area (Å²) < 4.78 is 13.1. The first-order valence-electron chi connectivity index (χ1n) is 6.24. The van der Waals surface area contributed by atoms with E-state index in [0.29, 0.717) is 5.92 Å². The monoisotopic (exact) mass is 245 g/mol. The smallest absolute Gasteiger partial charge is 0.124 e. The first-order chi connectivity index (χ1) is 8.63. The number of hydrogen-bond acceptors (Lipinski definition) is 2. The standard InChI is InChI=1S/C15H16FN2.H2/c1-10-5-11(9-18(2)8-10)14-7-17-15-6-12(16)3-4-13(14)15;/h3-7,10H,8-9H2,1-2H3;1H/t10-;/m0./s1. The summed E-state index contributed by atoms with van der Waals surface area (Å²) in [6.07, 6.45) is 8.99. The van der Waals surface area contributed by atoms with E-state index in [1.54, 1.807) is 0 Å². The Balaban J connectivity index is 0.00000133. The Morgan fingerprint density at radius 3 is 3.06 bits per heavy atom. The fourth-order valence-electron chi connectivity index (χ4n) is 2.77. The van der Waals surface area contributed by atoms with Gasteiger partial charge in [0.1, 0.15) is 5.83 Å². The number of nitrogens with zero attached hydrogens (tertiary/aromatic N) is 2. The van der Waals surface area contributed by atoms with Gasteiger partial charge in [0.2, 0.25) is 0 Å². The molecule has 2 heterocycles. The quantitative estimate of drug-likeness (QED) is 0.693. The largest absolute Gasteiger partial charge is 0.302 e. The van der Waals surface area contributed by atoms with Gasteiger partial charge in [-0.25, -0.2) is 4.39 Å². The van der Waals surface area contributed by atoms with Gasteiger partial charge in [0.05, 0.1) is 11.6 Å². The summed E-state index contributed by atoms with van der Waals surface area (Å²) in [6.45, 7) is 4.24. The average molecular weight is 245 g/mol. The van der Waals surface area contributed by atoms with Crippen LogP contribution in [0.5, 0.6) is 0 Å². The van der Waals surface area contributed by atoms with Crippen molar-refractivity contribution >= 4 is 5.71 Å². The summed E-state index contributed by atoms with van der Waals surface area (Å²) in [4.78, 5) is 6.61. The molecule has 0 spiro atoms. The maximum atomic E-state index is 13.1. The summed E-state index contributed by atoms with van der Waals surface area (Å²) in [7, 11) is 2.13. The van der Waals surface area contributed by atoms with Crippen LogP contribution in [0.1, 0.15) is 8.35 Å². The Morgan fingerprint density at radius 2 is 2.28 bits per heavy atom. The highest BCUT2D eigenvalue weighted by Crippen LogP contribution is 2.35. The van der Waals surface area contributed by atoms with Crippen LogP contribution in [0, 0.1) is 11.8 Å². The summed E-state index contributed by atoms with van der Waals surface area (Å²) in [6, 6.07) is 0. The van der Waals surface area contributed by atoms with E-state index in [9.17, 15) is 4.39 Å². The van der Waals surface area contributed by atoms with Crippen LogP contribution in [-0.4, -0.2) is 30.7 Å². The molecule has 1 atom stereocenters. The summed E-state index contributed by atoms with van der Waals surface area (Å²) in [5.41, 5.74) is 3.18. The van der Waals surface area contributed by atoms with Gasteiger partial charge >= 0.3 is 0 Å². The zero-order chi connectivity index (χ0) is 12.7. The molecular formula is C15H18FN2. The van der Waals surface area contributed by atoms with Crippen LogP contribution < -0.4 is 0 Å². The Hall–Kier alpha value is -1.48. The van der Waals surface area contributed by atoms with Crippen molar-refractivity contribution in [2.24, 2.45) is 10.9 Å². The molecule has 1 aliphatic carbocycles. The third-order valence-corrected chi connectivity index (χ3v) is 3.45. The van der Waals surface area contributed by atoms with Crippen LogP contribution in [0.2, 0.25) is 0 Å². The number of fused-ring (bicyclic) bond motifs is 1. The van der Waals surface area contributed by atoms with E-state index < -0.39 is 0 Å². The molecule has 0 aromatic rings. The molecule has 3 heteroatoms. The lowest BCUT2D eigenvalue weighted by Crippen LogP contribution is -2.31. The number of rotatable bonds is 1. The lowest BCUT2D eigenvalue weighted by molar-refractivity contribution is 0.315. The van der Waals surface area contributed by atoms with Crippen molar-refractivity contribution in [3.63, 3.8) is 0 Å². The molecule has 2 aliphatic heterocycles. The molecule has 3 rings (SSSR count). The molecule has 0 aromatic carbocycles. The molecule has 0 N–H and O–H groups in total. The number of aliphatic imine (C=N–C) groups is 1. The zero-order valence-electron chi connectivity index (χ0n) is 10.7. The van der Waals surface area contributed by atoms with Gasteiger partial charge in [-0.1, -0.05) is 19.1 Å². The lowest BCUT2D eigenvalue weighted by Gasteiger charge is -2.29. The molecule has 2 nitrogen and oxygen atoms in total. The van der Waals surface area contributed by atoms with Crippen LogP contribution in [0.3, 0.4) is 0 Å². The van der Waals surface area contributed by atoms with Gasteiger partial charge in [0.25, 0.3) is 0 Å². The third-order valence-electron chi connectivity index (χ3n) is 3.45. The predicted octanol–water partition coefficient (Wildman–Crippen LogP) is 3.08. The topological polar surface area (TPSA) is 15.6 Å². The summed E-state index contributed by atoms with van der Waals surface area (Å²) >= 11 is 0. The van der Waals surface area contributed by atoms with Gasteiger partial charge in [-0.2, -0.15) is 0 Å². The predicted molar refractivity (Wildman–Crippen MR) is 74.0 cm³/mol. The summed E-state index contributed by atoms with van der Waals surface area (Å²) in [5.74, 6) is 1.37. The molecule has 3 aliphatic rings. The molecule has 0 saturated carbocycles. The second kappa shape index (κ2) is 4.32. The maximum Gasteiger partial charge on any atom is 0.124 e. The van der Waals surface area contributed by atoms with Crippen molar-refractivity contribution in [1.29, 1.82) is 0 Å². The lowest BCUT2D eigenvalue weighted by atomic mass is 9.85. The highest BCUT2D eigenvalue weighted by atomic mass is 19.1. The van der Waals surface area contributed by atoms with Gasteiger partial charge in [0.15, 0.2) is 0 Å². The zero-order valence-corrected chi connectivity index (χ0v) is 10.7. The first-order valence-corrected chi connectivity index (χ1v) is 6.24. The van der Waals surface area contributed by atoms with E-state index in [0.717, 1.165) is 30.3 Å². The highest BCUT2D eigenvalue weighted by Gasteiger charge is 2.29. The van der Waals surface area contributed by atoms with Crippen molar-refractivity contribution in [2.45, 2.75) is 6.92 Å². The Labute approximate surface area is 108 Å². The molecule has 0 saturated heterocycles. The van der Waals surface area contributed by atoms with E-state index in [1.165, 1.54) is 17.7 Å². The molecule has 95 valence electrons. The minimum Gasteiger partial charge on any atom is -0.302 e. The number of hydrogen-bond donors (Lipinski definition) is 0. The minimum atomic E-state index is -0.227. The molecule has 1 radical (unpaired) electrons. The fourth-order valence-corrected chi connectivity index (χ4v) is 2.77. The van der Waals surface area contributed by atoms with Gasteiger partial charge in [-0.3, -0.25) is 4.99 Å². The summed E-state index contributed by atoms with van der Waals surface area (Å²) in [5, 5.41) is 0. The molecule has 0 fully saturated rings. The molecular weight excluding hydrogens is 227 g/mol. The first kappa shape index (κ1) is 11.6. The number of allylic oxidation sites excluding steroid dienone is 4. The minimum absolute atomic E-state index is 0.